The van der Waals surface area contributed by atoms with Gasteiger partial charge in [0.15, 0.2) is 0 Å². The van der Waals surface area contributed by atoms with Crippen LogP contribution in [0.25, 0.3) is 0 Å². The average molecular weight is 236 g/mol. The van der Waals surface area contributed by atoms with E-state index in [0.717, 1.165) is 12.0 Å². The number of methoxy groups -OCH3 is 1. The highest BCUT2D eigenvalue weighted by Gasteiger charge is 2.17. The number of aliphatic carboxylic acids is 1. The SMILES string of the molecule is COCCCC(Cc1cccc(C)c1)C(=O)O. The Kier molecular flexibility index (Phi) is 5.70. The van der Waals surface area contributed by atoms with E-state index < -0.39 is 5.97 Å². The molecule has 0 amide bonds. The lowest BCUT2D eigenvalue weighted by atomic mass is 9.94. The molecule has 1 aromatic rings. The summed E-state index contributed by atoms with van der Waals surface area (Å²) in [6.45, 7) is 2.64. The summed E-state index contributed by atoms with van der Waals surface area (Å²) in [5.41, 5.74) is 2.26. The Morgan fingerprint density at radius 2 is 2.24 bits per heavy atom. The van der Waals surface area contributed by atoms with Crippen LogP contribution in [0.3, 0.4) is 0 Å². The van der Waals surface area contributed by atoms with E-state index in [9.17, 15) is 4.79 Å². The third-order valence-electron chi connectivity index (χ3n) is 2.81. The maximum atomic E-state index is 11.1. The summed E-state index contributed by atoms with van der Waals surface area (Å²) in [6, 6.07) is 8.02. The Morgan fingerprint density at radius 1 is 1.47 bits per heavy atom. The zero-order valence-electron chi connectivity index (χ0n) is 10.5. The molecule has 0 bridgehead atoms. The van der Waals surface area contributed by atoms with Gasteiger partial charge in [0.25, 0.3) is 0 Å². The fourth-order valence-electron chi connectivity index (χ4n) is 1.91. The molecule has 0 spiro atoms. The van der Waals surface area contributed by atoms with Crippen molar-refractivity contribution in [3.63, 3.8) is 0 Å². The molecule has 0 radical (unpaired) electrons. The van der Waals surface area contributed by atoms with Gasteiger partial charge >= 0.3 is 5.97 Å². The van der Waals surface area contributed by atoms with Crippen LogP contribution in [0, 0.1) is 12.8 Å². The number of rotatable bonds is 7. The van der Waals surface area contributed by atoms with E-state index in [1.54, 1.807) is 7.11 Å². The van der Waals surface area contributed by atoms with Gasteiger partial charge in [0, 0.05) is 13.7 Å². The van der Waals surface area contributed by atoms with Gasteiger partial charge < -0.3 is 9.84 Å². The Labute approximate surface area is 102 Å². The van der Waals surface area contributed by atoms with Crippen molar-refractivity contribution in [2.45, 2.75) is 26.2 Å². The number of aryl methyl sites for hydroxylation is 1. The molecule has 1 atom stereocenters. The monoisotopic (exact) mass is 236 g/mol. The molecule has 0 heterocycles. The average Bonchev–Trinajstić information content (AvgIpc) is 2.28. The van der Waals surface area contributed by atoms with Gasteiger partial charge in [0.1, 0.15) is 0 Å². The lowest BCUT2D eigenvalue weighted by Crippen LogP contribution is -2.17. The third kappa shape index (κ3) is 5.00. The summed E-state index contributed by atoms with van der Waals surface area (Å²) in [6.07, 6.45) is 2.05. The topological polar surface area (TPSA) is 46.5 Å². The second-order valence-electron chi connectivity index (χ2n) is 4.36. The molecule has 0 aliphatic carbocycles. The molecule has 0 saturated carbocycles. The highest BCUT2D eigenvalue weighted by Crippen LogP contribution is 2.15. The quantitative estimate of drug-likeness (QED) is 0.740. The number of hydrogen-bond donors (Lipinski definition) is 1. The molecule has 1 rings (SSSR count). The predicted molar refractivity (Wildman–Crippen MR) is 67.1 cm³/mol. The van der Waals surface area contributed by atoms with Crippen molar-refractivity contribution in [1.29, 1.82) is 0 Å². The van der Waals surface area contributed by atoms with Crippen molar-refractivity contribution in [3.05, 3.63) is 35.4 Å². The number of benzene rings is 1. The van der Waals surface area contributed by atoms with E-state index in [1.807, 2.05) is 31.2 Å². The van der Waals surface area contributed by atoms with E-state index in [4.69, 9.17) is 9.84 Å². The van der Waals surface area contributed by atoms with Crippen LogP contribution in [0.15, 0.2) is 24.3 Å². The van der Waals surface area contributed by atoms with Crippen molar-refractivity contribution in [1.82, 2.24) is 0 Å². The minimum Gasteiger partial charge on any atom is -0.481 e. The molecule has 1 unspecified atom stereocenters. The van der Waals surface area contributed by atoms with Crippen molar-refractivity contribution < 1.29 is 14.6 Å². The molecule has 1 aromatic carbocycles. The molecule has 3 heteroatoms. The summed E-state index contributed by atoms with van der Waals surface area (Å²) in [4.78, 5) is 11.1. The van der Waals surface area contributed by atoms with Gasteiger partial charge in [-0.15, -0.1) is 0 Å². The minimum absolute atomic E-state index is 0.313. The van der Waals surface area contributed by atoms with Gasteiger partial charge in [-0.25, -0.2) is 0 Å². The number of hydrogen-bond acceptors (Lipinski definition) is 2. The normalized spacial score (nSPS) is 12.4. The number of carboxylic acids is 1. The summed E-state index contributed by atoms with van der Waals surface area (Å²) in [7, 11) is 1.64. The van der Waals surface area contributed by atoms with E-state index in [-0.39, 0.29) is 5.92 Å². The molecule has 0 aliphatic rings. The second-order valence-corrected chi connectivity index (χ2v) is 4.36. The predicted octanol–water partition coefficient (Wildman–Crippen LogP) is 2.66. The van der Waals surface area contributed by atoms with E-state index in [0.29, 0.717) is 19.4 Å². The van der Waals surface area contributed by atoms with Crippen LogP contribution < -0.4 is 0 Å². The smallest absolute Gasteiger partial charge is 0.306 e. The molecule has 1 N–H and O–H groups in total. The van der Waals surface area contributed by atoms with E-state index in [2.05, 4.69) is 0 Å². The molecule has 94 valence electrons. The molecule has 17 heavy (non-hydrogen) atoms. The van der Waals surface area contributed by atoms with Gasteiger partial charge in [-0.3, -0.25) is 4.79 Å². The standard InChI is InChI=1S/C14H20O3/c1-11-5-3-6-12(9-11)10-13(14(15)16)7-4-8-17-2/h3,5-6,9,13H,4,7-8,10H2,1-2H3,(H,15,16). The van der Waals surface area contributed by atoms with Crippen molar-refractivity contribution >= 4 is 5.97 Å². The lowest BCUT2D eigenvalue weighted by Gasteiger charge is -2.12. The molecular formula is C14H20O3. The van der Waals surface area contributed by atoms with Crippen LogP contribution >= 0.6 is 0 Å². The summed E-state index contributed by atoms with van der Waals surface area (Å²) in [5, 5.41) is 9.16. The zero-order valence-corrected chi connectivity index (χ0v) is 10.5. The van der Waals surface area contributed by atoms with Crippen LogP contribution in [0.2, 0.25) is 0 Å². The van der Waals surface area contributed by atoms with Gasteiger partial charge in [0.05, 0.1) is 5.92 Å². The van der Waals surface area contributed by atoms with Gasteiger partial charge in [-0.1, -0.05) is 29.8 Å². The first-order valence-electron chi connectivity index (χ1n) is 5.90. The Balaban J connectivity index is 2.57. The van der Waals surface area contributed by atoms with Gasteiger partial charge in [-0.05, 0) is 31.7 Å². The van der Waals surface area contributed by atoms with Crippen molar-refractivity contribution in [2.24, 2.45) is 5.92 Å². The largest absolute Gasteiger partial charge is 0.481 e. The third-order valence-corrected chi connectivity index (χ3v) is 2.81. The van der Waals surface area contributed by atoms with Gasteiger partial charge in [0.2, 0.25) is 0 Å². The lowest BCUT2D eigenvalue weighted by molar-refractivity contribution is -0.142. The number of carbonyl (C=O) groups is 1. The van der Waals surface area contributed by atoms with Crippen LogP contribution in [0.4, 0.5) is 0 Å². The fraction of sp³-hybridized carbons (Fsp3) is 0.500. The highest BCUT2D eigenvalue weighted by molar-refractivity contribution is 5.70. The van der Waals surface area contributed by atoms with Crippen molar-refractivity contribution in [3.8, 4) is 0 Å². The highest BCUT2D eigenvalue weighted by atomic mass is 16.5. The minimum atomic E-state index is -0.720. The zero-order chi connectivity index (χ0) is 12.7. The molecule has 0 aliphatic heterocycles. The van der Waals surface area contributed by atoms with Crippen LogP contribution in [0.5, 0.6) is 0 Å². The Bertz CT molecular complexity index is 360. The second kappa shape index (κ2) is 7.07. The van der Waals surface area contributed by atoms with Crippen LogP contribution in [0.1, 0.15) is 24.0 Å². The summed E-state index contributed by atoms with van der Waals surface area (Å²) >= 11 is 0. The molecular weight excluding hydrogens is 216 g/mol. The van der Waals surface area contributed by atoms with Crippen LogP contribution in [-0.4, -0.2) is 24.8 Å². The number of carboxylic acid groups (broad SMARTS) is 1. The molecule has 3 nitrogen and oxygen atoms in total. The van der Waals surface area contributed by atoms with E-state index in [1.165, 1.54) is 5.56 Å². The first-order valence-corrected chi connectivity index (χ1v) is 5.90. The van der Waals surface area contributed by atoms with Crippen LogP contribution in [-0.2, 0) is 16.0 Å². The summed E-state index contributed by atoms with van der Waals surface area (Å²) < 4.78 is 4.95. The summed E-state index contributed by atoms with van der Waals surface area (Å²) in [5.74, 6) is -1.03. The van der Waals surface area contributed by atoms with Crippen molar-refractivity contribution in [2.75, 3.05) is 13.7 Å². The van der Waals surface area contributed by atoms with Gasteiger partial charge in [-0.2, -0.15) is 0 Å². The first kappa shape index (κ1) is 13.7. The van der Waals surface area contributed by atoms with E-state index >= 15 is 0 Å². The molecule has 0 aromatic heterocycles. The molecule has 0 fully saturated rings. The number of ether oxygens (including phenoxy) is 1. The maximum Gasteiger partial charge on any atom is 0.306 e. The molecule has 0 saturated heterocycles. The Morgan fingerprint density at radius 3 is 2.82 bits per heavy atom. The fourth-order valence-corrected chi connectivity index (χ4v) is 1.91. The Hall–Kier alpha value is -1.35. The first-order chi connectivity index (χ1) is 8.13. The maximum absolute atomic E-state index is 11.1.